The number of hydrogen-bond acceptors (Lipinski definition) is 1. The fraction of sp³-hybridized carbons (Fsp3) is 0.538. The first kappa shape index (κ1) is 12.4. The molecule has 0 amide bonds. The number of alkyl halides is 1. The molecule has 1 saturated heterocycles. The average molecular weight is 303 g/mol. The first-order chi connectivity index (χ1) is 7.79. The minimum Gasteiger partial charge on any atom is -0.299 e. The zero-order valence-corrected chi connectivity index (χ0v) is 11.7. The number of hydrogen-bond donors (Lipinski definition) is 0. The first-order valence-corrected chi connectivity index (χ1v) is 7.14. The van der Waals surface area contributed by atoms with Crippen LogP contribution in [0.4, 0.5) is 0 Å². The summed E-state index contributed by atoms with van der Waals surface area (Å²) in [6.45, 7) is 3.47. The van der Waals surface area contributed by atoms with Gasteiger partial charge in [0, 0.05) is 23.4 Å². The molecule has 0 bridgehead atoms. The van der Waals surface area contributed by atoms with Gasteiger partial charge in [-0.2, -0.15) is 0 Å². The van der Waals surface area contributed by atoms with Crippen molar-refractivity contribution in [3.8, 4) is 0 Å². The summed E-state index contributed by atoms with van der Waals surface area (Å²) in [7, 11) is 0. The van der Waals surface area contributed by atoms with Gasteiger partial charge in [-0.25, -0.2) is 0 Å². The lowest BCUT2D eigenvalue weighted by Gasteiger charge is -2.16. The van der Waals surface area contributed by atoms with Crippen molar-refractivity contribution in [2.75, 3.05) is 19.0 Å². The predicted octanol–water partition coefficient (Wildman–Crippen LogP) is 3.90. The van der Waals surface area contributed by atoms with Crippen LogP contribution in [0.1, 0.15) is 18.4 Å². The van der Waals surface area contributed by atoms with Crippen molar-refractivity contribution in [3.63, 3.8) is 0 Å². The van der Waals surface area contributed by atoms with Gasteiger partial charge < -0.3 is 0 Å². The first-order valence-electron chi connectivity index (χ1n) is 5.81. The van der Waals surface area contributed by atoms with Crippen molar-refractivity contribution < 1.29 is 0 Å². The summed E-state index contributed by atoms with van der Waals surface area (Å²) in [6.07, 6.45) is 2.46. The van der Waals surface area contributed by atoms with E-state index in [1.807, 2.05) is 0 Å². The van der Waals surface area contributed by atoms with Crippen LogP contribution in [-0.2, 0) is 6.54 Å². The van der Waals surface area contributed by atoms with Crippen LogP contribution in [0.25, 0.3) is 0 Å². The van der Waals surface area contributed by atoms with Crippen molar-refractivity contribution >= 4 is 27.5 Å². The Morgan fingerprint density at radius 1 is 1.38 bits per heavy atom. The summed E-state index contributed by atoms with van der Waals surface area (Å²) in [6, 6.07) is 8.47. The molecule has 1 aromatic carbocycles. The molecule has 0 aliphatic carbocycles. The van der Waals surface area contributed by atoms with E-state index in [0.717, 1.165) is 24.8 Å². The van der Waals surface area contributed by atoms with Crippen LogP contribution in [0.15, 0.2) is 28.7 Å². The van der Waals surface area contributed by atoms with Crippen molar-refractivity contribution in [1.82, 2.24) is 4.90 Å². The Labute approximate surface area is 111 Å². The molecule has 1 fully saturated rings. The minimum atomic E-state index is 0.799. The Morgan fingerprint density at radius 2 is 2.19 bits per heavy atom. The van der Waals surface area contributed by atoms with Gasteiger partial charge in [-0.05, 0) is 36.9 Å². The van der Waals surface area contributed by atoms with Crippen LogP contribution < -0.4 is 0 Å². The average Bonchev–Trinajstić information content (AvgIpc) is 2.70. The molecule has 1 heterocycles. The van der Waals surface area contributed by atoms with E-state index in [1.54, 1.807) is 0 Å². The third-order valence-corrected chi connectivity index (χ3v) is 4.23. The molecule has 0 N–H and O–H groups in total. The zero-order valence-electron chi connectivity index (χ0n) is 9.33. The monoisotopic (exact) mass is 301 g/mol. The Morgan fingerprint density at radius 3 is 2.94 bits per heavy atom. The van der Waals surface area contributed by atoms with Gasteiger partial charge in [-0.15, -0.1) is 11.6 Å². The highest BCUT2D eigenvalue weighted by Crippen LogP contribution is 2.24. The number of likely N-dealkylation sites (tertiary alicyclic amines) is 1. The van der Waals surface area contributed by atoms with Crippen LogP contribution >= 0.6 is 27.5 Å². The smallest absolute Gasteiger partial charge is 0.0245 e. The number of halogens is 2. The van der Waals surface area contributed by atoms with Crippen molar-refractivity contribution in [2.45, 2.75) is 19.4 Å². The van der Waals surface area contributed by atoms with Crippen LogP contribution in [0.5, 0.6) is 0 Å². The molecule has 16 heavy (non-hydrogen) atoms. The van der Waals surface area contributed by atoms with E-state index in [1.165, 1.54) is 29.5 Å². The Hall–Kier alpha value is -0.0500. The second kappa shape index (κ2) is 6.04. The van der Waals surface area contributed by atoms with Crippen molar-refractivity contribution in [2.24, 2.45) is 5.92 Å². The van der Waals surface area contributed by atoms with Crippen LogP contribution in [0.2, 0.25) is 0 Å². The highest BCUT2D eigenvalue weighted by Gasteiger charge is 2.22. The second-order valence-electron chi connectivity index (χ2n) is 4.46. The molecule has 1 aliphatic rings. The van der Waals surface area contributed by atoms with E-state index in [4.69, 9.17) is 11.6 Å². The van der Waals surface area contributed by atoms with Crippen molar-refractivity contribution in [1.29, 1.82) is 0 Å². The van der Waals surface area contributed by atoms with Crippen molar-refractivity contribution in [3.05, 3.63) is 34.3 Å². The van der Waals surface area contributed by atoms with Gasteiger partial charge in [0.1, 0.15) is 0 Å². The van der Waals surface area contributed by atoms with Gasteiger partial charge in [-0.3, -0.25) is 4.90 Å². The molecule has 0 saturated carbocycles. The zero-order chi connectivity index (χ0) is 11.4. The highest BCUT2D eigenvalue weighted by atomic mass is 79.9. The lowest BCUT2D eigenvalue weighted by Crippen LogP contribution is -2.20. The second-order valence-corrected chi connectivity index (χ2v) is 5.69. The standard InChI is InChI=1S/C13H17BrClN/c14-13-4-2-1-3-12(13)10-16-8-6-11(9-16)5-7-15/h1-4,11H,5-10H2. The third-order valence-electron chi connectivity index (χ3n) is 3.24. The van der Waals surface area contributed by atoms with E-state index < -0.39 is 0 Å². The normalized spacial score (nSPS) is 21.5. The molecule has 0 aromatic heterocycles. The van der Waals surface area contributed by atoms with Gasteiger partial charge >= 0.3 is 0 Å². The van der Waals surface area contributed by atoms with Gasteiger partial charge in [0.2, 0.25) is 0 Å². The summed E-state index contributed by atoms with van der Waals surface area (Å²) in [5, 5.41) is 0. The van der Waals surface area contributed by atoms with E-state index in [-0.39, 0.29) is 0 Å². The number of benzene rings is 1. The Balaban J connectivity index is 1.90. The highest BCUT2D eigenvalue weighted by molar-refractivity contribution is 9.10. The SMILES string of the molecule is ClCCC1CCN(Cc2ccccc2Br)C1. The predicted molar refractivity (Wildman–Crippen MR) is 72.9 cm³/mol. The fourth-order valence-corrected chi connectivity index (χ4v) is 3.03. The van der Waals surface area contributed by atoms with E-state index in [9.17, 15) is 0 Å². The largest absolute Gasteiger partial charge is 0.299 e. The molecule has 1 atom stereocenters. The third kappa shape index (κ3) is 3.22. The number of nitrogens with zero attached hydrogens (tertiary/aromatic N) is 1. The fourth-order valence-electron chi connectivity index (χ4n) is 2.31. The van der Waals surface area contributed by atoms with E-state index in [0.29, 0.717) is 0 Å². The molecule has 88 valence electrons. The van der Waals surface area contributed by atoms with Gasteiger partial charge in [0.15, 0.2) is 0 Å². The van der Waals surface area contributed by atoms with E-state index in [2.05, 4.69) is 45.1 Å². The molecule has 1 unspecified atom stereocenters. The van der Waals surface area contributed by atoms with Crippen LogP contribution in [0, 0.1) is 5.92 Å². The summed E-state index contributed by atoms with van der Waals surface area (Å²) in [5.74, 6) is 1.60. The lowest BCUT2D eigenvalue weighted by molar-refractivity contribution is 0.315. The summed E-state index contributed by atoms with van der Waals surface area (Å²) in [4.78, 5) is 2.53. The van der Waals surface area contributed by atoms with Gasteiger partial charge in [0.25, 0.3) is 0 Å². The molecule has 0 spiro atoms. The quantitative estimate of drug-likeness (QED) is 0.763. The Bertz CT molecular complexity index is 342. The maximum atomic E-state index is 5.79. The van der Waals surface area contributed by atoms with Gasteiger partial charge in [0.05, 0.1) is 0 Å². The maximum absolute atomic E-state index is 5.79. The molecule has 1 aliphatic heterocycles. The molecule has 3 heteroatoms. The molecule has 0 radical (unpaired) electrons. The molecule has 1 aromatic rings. The summed E-state index contributed by atoms with van der Waals surface area (Å²) >= 11 is 9.39. The lowest BCUT2D eigenvalue weighted by atomic mass is 10.1. The number of rotatable bonds is 4. The summed E-state index contributed by atoms with van der Waals surface area (Å²) < 4.78 is 1.22. The van der Waals surface area contributed by atoms with E-state index >= 15 is 0 Å². The molecular weight excluding hydrogens is 286 g/mol. The van der Waals surface area contributed by atoms with Crippen LogP contribution in [-0.4, -0.2) is 23.9 Å². The molecule has 1 nitrogen and oxygen atoms in total. The maximum Gasteiger partial charge on any atom is 0.0245 e. The summed E-state index contributed by atoms with van der Waals surface area (Å²) in [5.41, 5.74) is 1.38. The molecular formula is C13H17BrClN. The molecule has 2 rings (SSSR count). The van der Waals surface area contributed by atoms with Crippen LogP contribution in [0.3, 0.4) is 0 Å². The minimum absolute atomic E-state index is 0.799. The topological polar surface area (TPSA) is 3.24 Å². The Kier molecular flexibility index (Phi) is 4.68. The van der Waals surface area contributed by atoms with Gasteiger partial charge in [-0.1, -0.05) is 34.1 Å².